The molecule has 0 spiro atoms. The Kier molecular flexibility index (Phi) is 7.39. The summed E-state index contributed by atoms with van der Waals surface area (Å²) in [6, 6.07) is 18.5. The van der Waals surface area contributed by atoms with Gasteiger partial charge in [-0.15, -0.1) is 0 Å². The quantitative estimate of drug-likeness (QED) is 0.371. The molecule has 2 aromatic carbocycles. The Morgan fingerprint density at radius 3 is 2.16 bits per heavy atom. The van der Waals surface area contributed by atoms with Crippen molar-refractivity contribution in [2.45, 2.75) is 64.6 Å². The second kappa shape index (κ2) is 9.30. The molecule has 2 nitrogen and oxygen atoms in total. The number of rotatable bonds is 8. The summed E-state index contributed by atoms with van der Waals surface area (Å²) in [6.07, 6.45) is 2.04. The van der Waals surface area contributed by atoms with Crippen molar-refractivity contribution >= 4 is 12.0 Å². The molecule has 0 heterocycles. The van der Waals surface area contributed by atoms with Gasteiger partial charge >= 0.3 is 0 Å². The van der Waals surface area contributed by atoms with E-state index in [2.05, 4.69) is 39.8 Å². The molecule has 136 valence electrons. The van der Waals surface area contributed by atoms with Crippen molar-refractivity contribution < 1.29 is 8.92 Å². The van der Waals surface area contributed by atoms with Crippen LogP contribution in [0.15, 0.2) is 59.5 Å². The van der Waals surface area contributed by atoms with Gasteiger partial charge in [0.25, 0.3) is 0 Å². The lowest BCUT2D eigenvalue weighted by atomic mass is 9.80. The topological polar surface area (TPSA) is 18.5 Å². The average molecular weight is 359 g/mol. The second-order valence-corrected chi connectivity index (χ2v) is 8.45. The van der Waals surface area contributed by atoms with Crippen molar-refractivity contribution in [1.82, 2.24) is 0 Å². The van der Waals surface area contributed by atoms with E-state index in [1.54, 1.807) is 0 Å². The Labute approximate surface area is 157 Å². The smallest absolute Gasteiger partial charge is 0.209 e. The van der Waals surface area contributed by atoms with Crippen LogP contribution in [0.3, 0.4) is 0 Å². The van der Waals surface area contributed by atoms with Gasteiger partial charge < -0.3 is 4.74 Å². The maximum absolute atomic E-state index is 5.86. The van der Waals surface area contributed by atoms with Crippen LogP contribution in [0, 0.1) is 5.41 Å². The Balaban J connectivity index is 1.88. The van der Waals surface area contributed by atoms with Crippen LogP contribution < -0.4 is 4.74 Å². The molecular formula is C22H30O2S. The molecular weight excluding hydrogens is 328 g/mol. The van der Waals surface area contributed by atoms with Crippen molar-refractivity contribution in [2.75, 3.05) is 0 Å². The predicted octanol–water partition coefficient (Wildman–Crippen LogP) is 7.07. The highest BCUT2D eigenvalue weighted by atomic mass is 32.2. The fraction of sp³-hybridized carbons (Fsp3) is 0.455. The highest BCUT2D eigenvalue weighted by Gasteiger charge is 2.19. The Morgan fingerprint density at radius 2 is 1.60 bits per heavy atom. The predicted molar refractivity (Wildman–Crippen MR) is 107 cm³/mol. The highest BCUT2D eigenvalue weighted by molar-refractivity contribution is 7.94. The van der Waals surface area contributed by atoms with E-state index in [1.807, 2.05) is 49.4 Å². The average Bonchev–Trinajstić information content (AvgIpc) is 2.59. The minimum absolute atomic E-state index is 0.312. The van der Waals surface area contributed by atoms with Crippen LogP contribution in [0.5, 0.6) is 5.75 Å². The molecule has 3 heteroatoms. The van der Waals surface area contributed by atoms with E-state index in [9.17, 15) is 0 Å². The first-order valence-electron chi connectivity index (χ1n) is 9.02. The lowest BCUT2D eigenvalue weighted by Gasteiger charge is -2.25. The summed E-state index contributed by atoms with van der Waals surface area (Å²) in [7, 11) is 0. The van der Waals surface area contributed by atoms with Crippen LogP contribution in [0.25, 0.3) is 0 Å². The lowest BCUT2D eigenvalue weighted by molar-refractivity contribution is 0.0404. The molecule has 0 aromatic heterocycles. The zero-order chi connectivity index (χ0) is 18.3. The van der Waals surface area contributed by atoms with Crippen molar-refractivity contribution in [3.8, 4) is 5.75 Å². The van der Waals surface area contributed by atoms with Gasteiger partial charge in [-0.05, 0) is 60.9 Å². The van der Waals surface area contributed by atoms with Gasteiger partial charge in [0, 0.05) is 16.9 Å². The van der Waals surface area contributed by atoms with E-state index in [1.165, 1.54) is 24.0 Å². The summed E-state index contributed by atoms with van der Waals surface area (Å²) >= 11 is 1.34. The standard InChI is InChI=1S/C22H30O2S/c1-6-18(16-22(3,4)5)19-12-14-20(15-13-19)23-17(2)24-25-21-10-8-7-9-11-21/h7-15,17-18H,6,16H2,1-5H3. The number of hydrogen-bond donors (Lipinski definition) is 0. The van der Waals surface area contributed by atoms with Crippen molar-refractivity contribution in [3.63, 3.8) is 0 Å². The molecule has 2 aromatic rings. The molecule has 2 rings (SSSR count). The second-order valence-electron chi connectivity index (χ2n) is 7.62. The van der Waals surface area contributed by atoms with Gasteiger partial charge in [0.15, 0.2) is 0 Å². The fourth-order valence-corrected chi connectivity index (χ4v) is 3.42. The highest BCUT2D eigenvalue weighted by Crippen LogP contribution is 2.34. The third-order valence-electron chi connectivity index (χ3n) is 4.03. The van der Waals surface area contributed by atoms with Crippen molar-refractivity contribution in [2.24, 2.45) is 5.41 Å². The normalized spacial score (nSPS) is 14.1. The molecule has 0 amide bonds. The molecule has 2 unspecified atom stereocenters. The third-order valence-corrected chi connectivity index (χ3v) is 4.86. The molecule has 0 bridgehead atoms. The van der Waals surface area contributed by atoms with E-state index in [0.29, 0.717) is 11.3 Å². The van der Waals surface area contributed by atoms with Gasteiger partial charge in [-0.25, -0.2) is 0 Å². The Morgan fingerprint density at radius 1 is 0.960 bits per heavy atom. The van der Waals surface area contributed by atoms with Crippen LogP contribution in [0.1, 0.15) is 58.9 Å². The van der Waals surface area contributed by atoms with E-state index >= 15 is 0 Å². The summed E-state index contributed by atoms with van der Waals surface area (Å²) in [5.74, 6) is 1.44. The Hall–Kier alpha value is -1.45. The third kappa shape index (κ3) is 7.13. The SMILES string of the molecule is CCC(CC(C)(C)C)c1ccc(OC(C)OSc2ccccc2)cc1. The van der Waals surface area contributed by atoms with Crippen LogP contribution in [-0.2, 0) is 4.18 Å². The molecule has 0 N–H and O–H groups in total. The maximum Gasteiger partial charge on any atom is 0.209 e. The largest absolute Gasteiger partial charge is 0.464 e. The van der Waals surface area contributed by atoms with Crippen LogP contribution >= 0.6 is 12.0 Å². The summed E-state index contributed by atoms with van der Waals surface area (Å²) in [4.78, 5) is 1.07. The zero-order valence-corrected chi connectivity index (χ0v) is 16.8. The van der Waals surface area contributed by atoms with E-state index in [-0.39, 0.29) is 6.29 Å². The molecule has 0 aliphatic heterocycles. The van der Waals surface area contributed by atoms with Gasteiger partial charge in [0.1, 0.15) is 5.75 Å². The van der Waals surface area contributed by atoms with Crippen LogP contribution in [0.4, 0.5) is 0 Å². The first-order chi connectivity index (χ1) is 11.9. The molecule has 0 fully saturated rings. The fourth-order valence-electron chi connectivity index (χ4n) is 2.87. The van der Waals surface area contributed by atoms with Gasteiger partial charge in [-0.1, -0.05) is 58.0 Å². The van der Waals surface area contributed by atoms with Gasteiger partial charge in [-0.3, -0.25) is 4.18 Å². The molecule has 0 aliphatic rings. The number of hydrogen-bond acceptors (Lipinski definition) is 3. The van der Waals surface area contributed by atoms with E-state index in [0.717, 1.165) is 17.1 Å². The first kappa shape index (κ1) is 19.9. The van der Waals surface area contributed by atoms with Crippen LogP contribution in [-0.4, -0.2) is 6.29 Å². The van der Waals surface area contributed by atoms with E-state index in [4.69, 9.17) is 8.92 Å². The summed E-state index contributed by atoms with van der Waals surface area (Å²) < 4.78 is 11.6. The molecule has 25 heavy (non-hydrogen) atoms. The molecule has 2 atom stereocenters. The minimum Gasteiger partial charge on any atom is -0.464 e. The Bertz CT molecular complexity index is 617. The molecule has 0 saturated carbocycles. The van der Waals surface area contributed by atoms with Gasteiger partial charge in [0.2, 0.25) is 6.29 Å². The molecule has 0 aliphatic carbocycles. The monoisotopic (exact) mass is 358 g/mol. The summed E-state index contributed by atoms with van der Waals surface area (Å²) in [5, 5.41) is 0. The van der Waals surface area contributed by atoms with Gasteiger partial charge in [-0.2, -0.15) is 0 Å². The zero-order valence-electron chi connectivity index (χ0n) is 16.0. The maximum atomic E-state index is 5.86. The number of benzene rings is 2. The van der Waals surface area contributed by atoms with Crippen molar-refractivity contribution in [3.05, 3.63) is 60.2 Å². The van der Waals surface area contributed by atoms with Crippen LogP contribution in [0.2, 0.25) is 0 Å². The number of ether oxygens (including phenoxy) is 1. The lowest BCUT2D eigenvalue weighted by Crippen LogP contribution is -2.13. The molecule has 0 saturated heterocycles. The van der Waals surface area contributed by atoms with Crippen molar-refractivity contribution in [1.29, 1.82) is 0 Å². The molecule has 0 radical (unpaired) electrons. The summed E-state index contributed by atoms with van der Waals surface area (Å²) in [6.45, 7) is 11.1. The van der Waals surface area contributed by atoms with E-state index < -0.39 is 0 Å². The first-order valence-corrected chi connectivity index (χ1v) is 9.76. The summed E-state index contributed by atoms with van der Waals surface area (Å²) in [5.41, 5.74) is 1.73. The van der Waals surface area contributed by atoms with Gasteiger partial charge in [0.05, 0.1) is 0 Å². The minimum atomic E-state index is -0.312.